The lowest BCUT2D eigenvalue weighted by Crippen LogP contribution is -2.44. The van der Waals surface area contributed by atoms with Crippen molar-refractivity contribution in [3.8, 4) is 0 Å². The van der Waals surface area contributed by atoms with E-state index < -0.39 is 0 Å². The number of aromatic nitrogens is 3. The maximum atomic E-state index is 11.2. The van der Waals surface area contributed by atoms with Crippen LogP contribution in [0, 0.1) is 5.92 Å². The smallest absolute Gasteiger partial charge is 0.234 e. The highest BCUT2D eigenvalue weighted by molar-refractivity contribution is 5.80. The lowest BCUT2D eigenvalue weighted by molar-refractivity contribution is -0.121. The van der Waals surface area contributed by atoms with Gasteiger partial charge in [0.25, 0.3) is 0 Å². The van der Waals surface area contributed by atoms with Crippen molar-refractivity contribution in [3.05, 3.63) is 11.9 Å². The van der Waals surface area contributed by atoms with Gasteiger partial charge >= 0.3 is 0 Å². The van der Waals surface area contributed by atoms with Crippen LogP contribution in [0.5, 0.6) is 0 Å². The van der Waals surface area contributed by atoms with Crippen molar-refractivity contribution in [2.75, 3.05) is 6.61 Å². The van der Waals surface area contributed by atoms with Crippen molar-refractivity contribution in [1.29, 1.82) is 0 Å². The van der Waals surface area contributed by atoms with Gasteiger partial charge in [-0.15, -0.1) is 5.10 Å². The predicted octanol–water partition coefficient (Wildman–Crippen LogP) is -0.740. The van der Waals surface area contributed by atoms with Crippen LogP contribution in [0.15, 0.2) is 6.20 Å². The van der Waals surface area contributed by atoms with E-state index in [1.807, 2.05) is 13.8 Å². The van der Waals surface area contributed by atoms with Crippen molar-refractivity contribution in [2.45, 2.75) is 39.4 Å². The first-order valence-corrected chi connectivity index (χ1v) is 6.07. The van der Waals surface area contributed by atoms with Gasteiger partial charge in [-0.05, 0) is 12.3 Å². The summed E-state index contributed by atoms with van der Waals surface area (Å²) in [5, 5.41) is 19.7. The number of primary amides is 1. The number of aliphatic hydroxyl groups is 1. The predicted molar refractivity (Wildman–Crippen MR) is 66.4 cm³/mol. The first kappa shape index (κ1) is 14.6. The molecule has 1 aromatic rings. The molecule has 0 saturated heterocycles. The second-order valence-electron chi connectivity index (χ2n) is 4.56. The fourth-order valence-electron chi connectivity index (χ4n) is 1.64. The Morgan fingerprint density at radius 1 is 1.61 bits per heavy atom. The lowest BCUT2D eigenvalue weighted by atomic mass is 10.0. The van der Waals surface area contributed by atoms with Crippen LogP contribution in [-0.2, 0) is 17.9 Å². The van der Waals surface area contributed by atoms with E-state index in [-0.39, 0.29) is 24.5 Å². The third-order valence-corrected chi connectivity index (χ3v) is 2.61. The van der Waals surface area contributed by atoms with Gasteiger partial charge < -0.3 is 10.8 Å². The SMILES string of the molecule is CC(C)C(NCc1cn(CCCO)nn1)C(N)=O. The van der Waals surface area contributed by atoms with Crippen LogP contribution in [0.4, 0.5) is 0 Å². The minimum Gasteiger partial charge on any atom is -0.396 e. The molecule has 1 rings (SSSR count). The topological polar surface area (TPSA) is 106 Å². The van der Waals surface area contributed by atoms with Crippen LogP contribution in [0.3, 0.4) is 0 Å². The third-order valence-electron chi connectivity index (χ3n) is 2.61. The molecule has 1 heterocycles. The van der Waals surface area contributed by atoms with E-state index in [1.165, 1.54) is 0 Å². The Morgan fingerprint density at radius 2 is 2.33 bits per heavy atom. The summed E-state index contributed by atoms with van der Waals surface area (Å²) in [5.41, 5.74) is 6.05. The molecule has 0 radical (unpaired) electrons. The number of aliphatic hydroxyl groups excluding tert-OH is 1. The van der Waals surface area contributed by atoms with Crippen LogP contribution in [-0.4, -0.2) is 38.7 Å². The van der Waals surface area contributed by atoms with Crippen molar-refractivity contribution in [2.24, 2.45) is 11.7 Å². The highest BCUT2D eigenvalue weighted by Gasteiger charge is 2.18. The van der Waals surface area contributed by atoms with Gasteiger partial charge in [0.2, 0.25) is 5.91 Å². The number of aryl methyl sites for hydroxylation is 1. The fraction of sp³-hybridized carbons (Fsp3) is 0.727. The van der Waals surface area contributed by atoms with E-state index in [0.29, 0.717) is 19.5 Å². The molecule has 0 spiro atoms. The molecule has 1 atom stereocenters. The summed E-state index contributed by atoms with van der Waals surface area (Å²) in [7, 11) is 0. The van der Waals surface area contributed by atoms with Crippen LogP contribution >= 0.6 is 0 Å². The fourth-order valence-corrected chi connectivity index (χ4v) is 1.64. The average molecular weight is 255 g/mol. The molecule has 0 bridgehead atoms. The van der Waals surface area contributed by atoms with Crippen LogP contribution in [0.2, 0.25) is 0 Å². The number of carbonyl (C=O) groups is 1. The molecule has 0 aliphatic heterocycles. The second-order valence-corrected chi connectivity index (χ2v) is 4.56. The van der Waals surface area contributed by atoms with Gasteiger partial charge in [0, 0.05) is 25.9 Å². The highest BCUT2D eigenvalue weighted by atomic mass is 16.3. The summed E-state index contributed by atoms with van der Waals surface area (Å²) in [5.74, 6) is -0.232. The molecule has 0 aliphatic carbocycles. The average Bonchev–Trinajstić information content (AvgIpc) is 2.73. The zero-order chi connectivity index (χ0) is 13.5. The molecule has 18 heavy (non-hydrogen) atoms. The molecular formula is C11H21N5O2. The molecule has 4 N–H and O–H groups in total. The second kappa shape index (κ2) is 7.07. The van der Waals surface area contributed by atoms with E-state index in [2.05, 4.69) is 15.6 Å². The lowest BCUT2D eigenvalue weighted by Gasteiger charge is -2.17. The molecule has 7 nitrogen and oxygen atoms in total. The molecule has 1 unspecified atom stereocenters. The van der Waals surface area contributed by atoms with Crippen LogP contribution in [0.1, 0.15) is 26.0 Å². The molecule has 7 heteroatoms. The summed E-state index contributed by atoms with van der Waals surface area (Å²) >= 11 is 0. The van der Waals surface area contributed by atoms with Crippen molar-refractivity contribution in [1.82, 2.24) is 20.3 Å². The summed E-state index contributed by atoms with van der Waals surface area (Å²) in [4.78, 5) is 11.2. The van der Waals surface area contributed by atoms with Gasteiger partial charge in [-0.1, -0.05) is 19.1 Å². The first-order chi connectivity index (χ1) is 8.54. The number of amides is 1. The molecule has 1 amide bonds. The zero-order valence-corrected chi connectivity index (χ0v) is 10.8. The van der Waals surface area contributed by atoms with Crippen LogP contribution < -0.4 is 11.1 Å². The summed E-state index contributed by atoms with van der Waals surface area (Å²) < 4.78 is 1.67. The van der Waals surface area contributed by atoms with Crippen molar-refractivity contribution < 1.29 is 9.90 Å². The Hall–Kier alpha value is -1.47. The van der Waals surface area contributed by atoms with Gasteiger partial charge in [-0.2, -0.15) is 0 Å². The number of hydrogen-bond acceptors (Lipinski definition) is 5. The van der Waals surface area contributed by atoms with Gasteiger partial charge in [-0.3, -0.25) is 14.8 Å². The van der Waals surface area contributed by atoms with Gasteiger partial charge in [-0.25, -0.2) is 0 Å². The number of nitrogens with one attached hydrogen (secondary N) is 1. The van der Waals surface area contributed by atoms with E-state index in [4.69, 9.17) is 10.8 Å². The van der Waals surface area contributed by atoms with E-state index in [0.717, 1.165) is 5.69 Å². The largest absolute Gasteiger partial charge is 0.396 e. The van der Waals surface area contributed by atoms with Gasteiger partial charge in [0.15, 0.2) is 0 Å². The Balaban J connectivity index is 2.47. The molecule has 0 fully saturated rings. The molecule has 0 aromatic carbocycles. The molecule has 0 saturated carbocycles. The molecule has 1 aromatic heterocycles. The maximum Gasteiger partial charge on any atom is 0.234 e. The van der Waals surface area contributed by atoms with E-state index >= 15 is 0 Å². The number of nitrogens with zero attached hydrogens (tertiary/aromatic N) is 3. The van der Waals surface area contributed by atoms with Crippen molar-refractivity contribution in [3.63, 3.8) is 0 Å². The Kier molecular flexibility index (Phi) is 5.73. The van der Waals surface area contributed by atoms with Crippen molar-refractivity contribution >= 4 is 5.91 Å². The number of carbonyl (C=O) groups excluding carboxylic acids is 1. The summed E-state index contributed by atoms with van der Waals surface area (Å²) in [6, 6.07) is -0.368. The van der Waals surface area contributed by atoms with Gasteiger partial charge in [0.1, 0.15) is 0 Å². The van der Waals surface area contributed by atoms with E-state index in [9.17, 15) is 4.79 Å². The zero-order valence-electron chi connectivity index (χ0n) is 10.8. The Bertz CT molecular complexity index is 377. The van der Waals surface area contributed by atoms with E-state index in [1.54, 1.807) is 10.9 Å². The molecule has 0 aliphatic rings. The normalized spacial score (nSPS) is 12.9. The maximum absolute atomic E-state index is 11.2. The minimum absolute atomic E-state index is 0.130. The third kappa shape index (κ3) is 4.42. The number of hydrogen-bond donors (Lipinski definition) is 3. The highest BCUT2D eigenvalue weighted by Crippen LogP contribution is 2.02. The Labute approximate surface area is 106 Å². The number of nitrogens with two attached hydrogens (primary N) is 1. The Morgan fingerprint density at radius 3 is 2.89 bits per heavy atom. The standard InChI is InChI=1S/C11H21N5O2/c1-8(2)10(11(12)18)13-6-9-7-16(15-14-9)4-3-5-17/h7-8,10,13,17H,3-6H2,1-2H3,(H2,12,18). The molecular weight excluding hydrogens is 234 g/mol. The number of rotatable bonds is 8. The molecule has 102 valence electrons. The summed E-state index contributed by atoms with van der Waals surface area (Å²) in [6.07, 6.45) is 2.44. The monoisotopic (exact) mass is 255 g/mol. The summed E-state index contributed by atoms with van der Waals surface area (Å²) in [6.45, 7) is 5.07. The van der Waals surface area contributed by atoms with Gasteiger partial charge in [0.05, 0.1) is 11.7 Å². The minimum atomic E-state index is -0.368. The van der Waals surface area contributed by atoms with Crippen LogP contribution in [0.25, 0.3) is 0 Å². The first-order valence-electron chi connectivity index (χ1n) is 6.07. The quantitative estimate of drug-likeness (QED) is 0.567.